The maximum absolute atomic E-state index is 13.9. The number of hydrogen-bond acceptors (Lipinski definition) is 8. The largest absolute Gasteiger partial charge is 0.488 e. The van der Waals surface area contributed by atoms with Crippen LogP contribution in [0, 0.1) is 11.7 Å². The third-order valence-electron chi connectivity index (χ3n) is 9.06. The smallest absolute Gasteiger partial charge is 0.251 e. The Kier molecular flexibility index (Phi) is 6.35. The number of carbonyl (C=O) groups is 1. The van der Waals surface area contributed by atoms with Crippen molar-refractivity contribution in [2.24, 2.45) is 5.92 Å². The highest BCUT2D eigenvalue weighted by Crippen LogP contribution is 2.50. The second-order valence-corrected chi connectivity index (χ2v) is 12.4. The van der Waals surface area contributed by atoms with Crippen LogP contribution in [-0.4, -0.2) is 55.2 Å². The molecule has 3 aliphatic rings. The van der Waals surface area contributed by atoms with Crippen molar-refractivity contribution in [1.29, 1.82) is 0 Å². The zero-order chi connectivity index (χ0) is 30.8. The number of hydrogen-bond donors (Lipinski definition) is 2. The molecule has 3 aromatic heterocycles. The first-order chi connectivity index (χ1) is 21.8. The van der Waals surface area contributed by atoms with E-state index in [-0.39, 0.29) is 36.9 Å². The van der Waals surface area contributed by atoms with Gasteiger partial charge in [0.05, 0.1) is 24.5 Å². The zero-order valence-electron chi connectivity index (χ0n) is 24.6. The van der Waals surface area contributed by atoms with E-state index in [0.717, 1.165) is 36.6 Å². The standard InChI is InChI=1S/C34H31FN6O4/c1-33(41-14-13-38-40-41)19-44-31-26(33)17-28(39-30(31)20-4-8-24(35)9-5-20)34(43,23-6-7-23)18-37-32(42)22-15-21-3-2-12-36-29(21)27(16-22)45-25-10-11-25/h2-5,8-9,12-17,23,25,43H,6-7,10-11,18-19H2,1H3,(H,37,42)/t33-,34?/m0/s1. The Bertz CT molecular complexity index is 1930. The molecule has 10 nitrogen and oxygen atoms in total. The number of fused-ring (bicyclic) bond motifs is 2. The lowest BCUT2D eigenvalue weighted by Crippen LogP contribution is -2.43. The lowest BCUT2D eigenvalue weighted by molar-refractivity contribution is 0.00945. The first-order valence-electron chi connectivity index (χ1n) is 15.2. The van der Waals surface area contributed by atoms with Gasteiger partial charge in [0.25, 0.3) is 5.91 Å². The summed E-state index contributed by atoms with van der Waals surface area (Å²) >= 11 is 0. The number of amides is 1. The van der Waals surface area contributed by atoms with Crippen LogP contribution in [-0.2, 0) is 11.1 Å². The van der Waals surface area contributed by atoms with E-state index >= 15 is 0 Å². The summed E-state index contributed by atoms with van der Waals surface area (Å²) in [5.41, 5.74) is 1.23. The fourth-order valence-electron chi connectivity index (χ4n) is 6.12. The van der Waals surface area contributed by atoms with Crippen molar-refractivity contribution >= 4 is 16.8 Å². The molecule has 2 atom stereocenters. The number of nitrogens with zero attached hydrogens (tertiary/aromatic N) is 5. The number of ether oxygens (including phenoxy) is 2. The van der Waals surface area contributed by atoms with Gasteiger partial charge in [0.1, 0.15) is 40.5 Å². The molecule has 1 amide bonds. The van der Waals surface area contributed by atoms with Crippen molar-refractivity contribution in [2.45, 2.75) is 49.9 Å². The van der Waals surface area contributed by atoms with Crippen LogP contribution in [0.25, 0.3) is 22.2 Å². The van der Waals surface area contributed by atoms with Gasteiger partial charge in [0, 0.05) is 34.5 Å². The SMILES string of the molecule is C[C@]1(n2ccnn2)COc2c1cc(C(O)(CNC(=O)c1cc(OC3CC3)c3ncccc3c1)C1CC1)nc2-c1ccc(F)cc1. The fourth-order valence-corrected chi connectivity index (χ4v) is 6.12. The number of benzene rings is 2. The second-order valence-electron chi connectivity index (χ2n) is 12.4. The molecule has 4 heterocycles. The molecule has 2 fully saturated rings. The van der Waals surface area contributed by atoms with Crippen molar-refractivity contribution in [3.63, 3.8) is 0 Å². The fraction of sp³-hybridized carbons (Fsp3) is 0.324. The van der Waals surface area contributed by atoms with Gasteiger partial charge in [-0.2, -0.15) is 0 Å². The number of pyridine rings is 2. The lowest BCUT2D eigenvalue weighted by atomic mass is 9.87. The Morgan fingerprint density at radius 3 is 2.71 bits per heavy atom. The molecular weight excluding hydrogens is 575 g/mol. The molecule has 0 radical (unpaired) electrons. The molecule has 2 N–H and O–H groups in total. The van der Waals surface area contributed by atoms with E-state index in [4.69, 9.17) is 14.5 Å². The molecule has 1 unspecified atom stereocenters. The van der Waals surface area contributed by atoms with Gasteiger partial charge < -0.3 is 19.9 Å². The normalized spacial score (nSPS) is 20.3. The maximum Gasteiger partial charge on any atom is 0.251 e. The number of halogens is 1. The third-order valence-corrected chi connectivity index (χ3v) is 9.06. The average molecular weight is 607 g/mol. The molecule has 45 heavy (non-hydrogen) atoms. The Balaban J connectivity index is 1.17. The molecule has 2 saturated carbocycles. The van der Waals surface area contributed by atoms with E-state index in [1.165, 1.54) is 12.1 Å². The summed E-state index contributed by atoms with van der Waals surface area (Å²) in [6.45, 7) is 2.20. The van der Waals surface area contributed by atoms with Gasteiger partial charge >= 0.3 is 0 Å². The van der Waals surface area contributed by atoms with Crippen LogP contribution in [0.2, 0.25) is 0 Å². The summed E-state index contributed by atoms with van der Waals surface area (Å²) in [5, 5.41) is 24.4. The highest BCUT2D eigenvalue weighted by atomic mass is 19.1. The minimum atomic E-state index is -1.48. The van der Waals surface area contributed by atoms with E-state index in [0.29, 0.717) is 39.5 Å². The monoisotopic (exact) mass is 606 g/mol. The molecule has 8 rings (SSSR count). The van der Waals surface area contributed by atoms with E-state index in [1.54, 1.807) is 47.5 Å². The Morgan fingerprint density at radius 1 is 1.16 bits per heavy atom. The summed E-state index contributed by atoms with van der Waals surface area (Å²) in [7, 11) is 0. The lowest BCUT2D eigenvalue weighted by Gasteiger charge is -2.30. The molecule has 1 aliphatic heterocycles. The highest BCUT2D eigenvalue weighted by Gasteiger charge is 2.49. The number of aromatic nitrogens is 5. The minimum Gasteiger partial charge on any atom is -0.488 e. The summed E-state index contributed by atoms with van der Waals surface area (Å²) in [6, 6.07) is 15.1. The Hall–Kier alpha value is -4.90. The van der Waals surface area contributed by atoms with Crippen LogP contribution >= 0.6 is 0 Å². The molecule has 0 saturated heterocycles. The first-order valence-corrected chi connectivity index (χ1v) is 15.2. The topological polar surface area (TPSA) is 124 Å². The van der Waals surface area contributed by atoms with Crippen molar-refractivity contribution < 1.29 is 23.8 Å². The van der Waals surface area contributed by atoms with E-state index in [9.17, 15) is 14.3 Å². The number of aliphatic hydroxyl groups is 1. The van der Waals surface area contributed by atoms with Crippen LogP contribution in [0.1, 0.15) is 54.2 Å². The van der Waals surface area contributed by atoms with Gasteiger partial charge in [0.2, 0.25) is 0 Å². The van der Waals surface area contributed by atoms with E-state index in [1.807, 2.05) is 25.1 Å². The quantitative estimate of drug-likeness (QED) is 0.246. The molecule has 228 valence electrons. The Labute approximate surface area is 258 Å². The number of carbonyl (C=O) groups excluding carboxylic acids is 1. The molecule has 0 spiro atoms. The summed E-state index contributed by atoms with van der Waals surface area (Å²) in [6.07, 6.45) is 8.75. The van der Waals surface area contributed by atoms with Crippen molar-refractivity contribution in [2.75, 3.05) is 13.2 Å². The summed E-state index contributed by atoms with van der Waals surface area (Å²) in [4.78, 5) is 23.1. The average Bonchev–Trinajstić information content (AvgIpc) is 3.99. The van der Waals surface area contributed by atoms with Crippen LogP contribution in [0.4, 0.5) is 4.39 Å². The van der Waals surface area contributed by atoms with Crippen molar-refractivity contribution in [3.05, 3.63) is 95.8 Å². The number of nitrogens with one attached hydrogen (secondary N) is 1. The van der Waals surface area contributed by atoms with E-state index < -0.39 is 11.1 Å². The second kappa shape index (κ2) is 10.3. The molecule has 0 bridgehead atoms. The molecule has 11 heteroatoms. The third kappa shape index (κ3) is 4.87. The predicted molar refractivity (Wildman–Crippen MR) is 162 cm³/mol. The minimum absolute atomic E-state index is 0.0596. The number of rotatable bonds is 9. The van der Waals surface area contributed by atoms with Crippen molar-refractivity contribution in [3.8, 4) is 22.8 Å². The summed E-state index contributed by atoms with van der Waals surface area (Å²) in [5.74, 6) is 0.302. The zero-order valence-corrected chi connectivity index (χ0v) is 24.6. The first kappa shape index (κ1) is 27.6. The van der Waals surface area contributed by atoms with Gasteiger partial charge in [-0.15, -0.1) is 5.10 Å². The molecule has 2 aliphatic carbocycles. The molecule has 2 aromatic carbocycles. The maximum atomic E-state index is 13.9. The van der Waals surface area contributed by atoms with Gasteiger partial charge in [-0.3, -0.25) is 9.78 Å². The Morgan fingerprint density at radius 2 is 1.98 bits per heavy atom. The van der Waals surface area contributed by atoms with Crippen LogP contribution in [0.15, 0.2) is 73.2 Å². The van der Waals surface area contributed by atoms with Gasteiger partial charge in [-0.1, -0.05) is 11.3 Å². The molecular formula is C34H31FN6O4. The van der Waals surface area contributed by atoms with Gasteiger partial charge in [0.15, 0.2) is 5.75 Å². The van der Waals surface area contributed by atoms with Crippen molar-refractivity contribution in [1.82, 2.24) is 30.3 Å². The van der Waals surface area contributed by atoms with Crippen LogP contribution in [0.3, 0.4) is 0 Å². The molecule has 5 aromatic rings. The van der Waals surface area contributed by atoms with Gasteiger partial charge in [-0.05, 0) is 87.1 Å². The highest BCUT2D eigenvalue weighted by molar-refractivity contribution is 6.00. The van der Waals surface area contributed by atoms with Gasteiger partial charge in [-0.25, -0.2) is 14.1 Å². The predicted octanol–water partition coefficient (Wildman–Crippen LogP) is 4.75. The van der Waals surface area contributed by atoms with Crippen LogP contribution < -0.4 is 14.8 Å². The summed E-state index contributed by atoms with van der Waals surface area (Å²) < 4.78 is 27.9. The van der Waals surface area contributed by atoms with E-state index in [2.05, 4.69) is 20.6 Å². The van der Waals surface area contributed by atoms with Crippen LogP contribution in [0.5, 0.6) is 11.5 Å².